The van der Waals surface area contributed by atoms with E-state index in [0.29, 0.717) is 24.3 Å². The van der Waals surface area contributed by atoms with Crippen LogP contribution in [-0.2, 0) is 4.79 Å². The van der Waals surface area contributed by atoms with Crippen molar-refractivity contribution in [2.75, 3.05) is 24.5 Å². The van der Waals surface area contributed by atoms with Crippen LogP contribution < -0.4 is 10.2 Å². The first-order valence-electron chi connectivity index (χ1n) is 6.08. The molecule has 1 amide bonds. The number of benzene rings is 1. The zero-order valence-corrected chi connectivity index (χ0v) is 12.3. The average Bonchev–Trinajstić information content (AvgIpc) is 2.63. The molecule has 0 saturated carbocycles. The molecule has 19 heavy (non-hydrogen) atoms. The van der Waals surface area contributed by atoms with Gasteiger partial charge in [-0.1, -0.05) is 19.6 Å². The van der Waals surface area contributed by atoms with Gasteiger partial charge < -0.3 is 5.32 Å². The molecular weight excluding hydrogens is 308 g/mol. The van der Waals surface area contributed by atoms with Crippen LogP contribution in [0.2, 0.25) is 0 Å². The monoisotopic (exact) mass is 322 g/mol. The van der Waals surface area contributed by atoms with Crippen molar-refractivity contribution in [3.05, 3.63) is 40.4 Å². The topological polar surface area (TPSA) is 49.4 Å². The smallest absolute Gasteiger partial charge is 0.299 e. The number of nitrogens with zero attached hydrogens (tertiary/aromatic N) is 1. The molecule has 0 aromatic heterocycles. The number of amides is 1. The van der Waals surface area contributed by atoms with Crippen LogP contribution in [-0.4, -0.2) is 31.3 Å². The van der Waals surface area contributed by atoms with E-state index in [-0.39, 0.29) is 0 Å². The van der Waals surface area contributed by atoms with Gasteiger partial charge in [-0.15, -0.1) is 0 Å². The van der Waals surface area contributed by atoms with E-state index in [1.807, 2.05) is 13.0 Å². The predicted molar refractivity (Wildman–Crippen MR) is 78.5 cm³/mol. The molecule has 1 aliphatic rings. The summed E-state index contributed by atoms with van der Waals surface area (Å²) >= 11 is 3.39. The van der Waals surface area contributed by atoms with Gasteiger partial charge in [-0.2, -0.15) is 0 Å². The molecule has 0 fully saturated rings. The molecule has 0 spiro atoms. The van der Waals surface area contributed by atoms with Gasteiger partial charge in [0, 0.05) is 17.6 Å². The number of hydrogen-bond donors (Lipinski definition) is 1. The summed E-state index contributed by atoms with van der Waals surface area (Å²) in [6.07, 6.45) is 0. The van der Waals surface area contributed by atoms with Gasteiger partial charge in [-0.05, 0) is 40.2 Å². The minimum Gasteiger partial charge on any atom is -0.313 e. The molecular formula is C14H15BrN2O2. The summed E-state index contributed by atoms with van der Waals surface area (Å²) in [6.45, 7) is 7.77. The van der Waals surface area contributed by atoms with Crippen LogP contribution in [0.4, 0.5) is 5.69 Å². The number of nitrogens with one attached hydrogen (secondary N) is 1. The number of carbonyl (C=O) groups is 2. The Balaban J connectivity index is 2.26. The van der Waals surface area contributed by atoms with E-state index in [2.05, 4.69) is 27.8 Å². The van der Waals surface area contributed by atoms with E-state index in [4.69, 9.17) is 0 Å². The first-order valence-corrected chi connectivity index (χ1v) is 6.87. The highest BCUT2D eigenvalue weighted by atomic mass is 79.9. The number of fused-ring (bicyclic) bond motifs is 1. The molecule has 1 aliphatic heterocycles. The van der Waals surface area contributed by atoms with Gasteiger partial charge in [0.2, 0.25) is 0 Å². The molecule has 0 bridgehead atoms. The van der Waals surface area contributed by atoms with E-state index in [1.165, 1.54) is 4.90 Å². The maximum atomic E-state index is 12.0. The van der Waals surface area contributed by atoms with Crippen molar-refractivity contribution in [3.8, 4) is 0 Å². The summed E-state index contributed by atoms with van der Waals surface area (Å²) in [6, 6.07) is 5.25. The summed E-state index contributed by atoms with van der Waals surface area (Å²) in [5.41, 5.74) is 1.97. The number of carbonyl (C=O) groups excluding carboxylic acids is 2. The van der Waals surface area contributed by atoms with E-state index in [1.54, 1.807) is 12.1 Å². The molecule has 0 aliphatic carbocycles. The second-order valence-electron chi connectivity index (χ2n) is 4.39. The Morgan fingerprint density at radius 1 is 1.42 bits per heavy atom. The highest BCUT2D eigenvalue weighted by Gasteiger charge is 2.37. The van der Waals surface area contributed by atoms with Gasteiger partial charge >= 0.3 is 0 Å². The first kappa shape index (κ1) is 14.0. The van der Waals surface area contributed by atoms with Crippen LogP contribution in [0.15, 0.2) is 34.8 Å². The van der Waals surface area contributed by atoms with E-state index < -0.39 is 11.7 Å². The first-order chi connectivity index (χ1) is 9.06. The third kappa shape index (κ3) is 2.62. The van der Waals surface area contributed by atoms with Crippen molar-refractivity contribution in [1.82, 2.24) is 5.32 Å². The number of rotatable bonds is 5. The fourth-order valence-corrected chi connectivity index (χ4v) is 2.62. The SMILES string of the molecule is C=C(CNCC)CN1C(=O)C(=O)c2cccc(Br)c21. The molecule has 0 saturated heterocycles. The quantitative estimate of drug-likeness (QED) is 0.667. The molecule has 0 unspecified atom stereocenters. The fourth-order valence-electron chi connectivity index (χ4n) is 2.04. The number of likely N-dealkylation sites (N-methyl/N-ethyl adjacent to an activating group) is 1. The van der Waals surface area contributed by atoms with Crippen LogP contribution >= 0.6 is 15.9 Å². The summed E-state index contributed by atoms with van der Waals surface area (Å²) in [5, 5.41) is 3.15. The van der Waals surface area contributed by atoms with Crippen molar-refractivity contribution in [3.63, 3.8) is 0 Å². The number of para-hydroxylation sites is 1. The Kier molecular flexibility index (Phi) is 4.17. The third-order valence-electron chi connectivity index (χ3n) is 2.95. The van der Waals surface area contributed by atoms with Crippen molar-refractivity contribution in [2.24, 2.45) is 0 Å². The zero-order chi connectivity index (χ0) is 14.0. The van der Waals surface area contributed by atoms with E-state index >= 15 is 0 Å². The Labute approximate surface area is 120 Å². The van der Waals surface area contributed by atoms with Gasteiger partial charge in [0.25, 0.3) is 11.7 Å². The van der Waals surface area contributed by atoms with Crippen molar-refractivity contribution < 1.29 is 9.59 Å². The number of anilines is 1. The Bertz CT molecular complexity index is 554. The molecule has 1 heterocycles. The molecule has 0 atom stereocenters. The lowest BCUT2D eigenvalue weighted by molar-refractivity contribution is -0.114. The lowest BCUT2D eigenvalue weighted by Gasteiger charge is -2.19. The summed E-state index contributed by atoms with van der Waals surface area (Å²) < 4.78 is 0.750. The van der Waals surface area contributed by atoms with Gasteiger partial charge in [0.05, 0.1) is 11.3 Å². The number of Topliss-reactive ketones (excluding diaryl/α,β-unsaturated/α-hetero) is 1. The highest BCUT2D eigenvalue weighted by Crippen LogP contribution is 2.36. The lowest BCUT2D eigenvalue weighted by atomic mass is 10.1. The maximum absolute atomic E-state index is 12.0. The predicted octanol–water partition coefficient (Wildman–Crippen LogP) is 2.14. The molecule has 4 nitrogen and oxygen atoms in total. The van der Waals surface area contributed by atoms with Crippen LogP contribution in [0.3, 0.4) is 0 Å². The third-order valence-corrected chi connectivity index (χ3v) is 3.59. The standard InChI is InChI=1S/C14H15BrN2O2/c1-3-16-7-9(2)8-17-12-10(13(18)14(17)19)5-4-6-11(12)15/h4-6,16H,2-3,7-8H2,1H3. The second kappa shape index (κ2) is 5.67. The molecule has 2 rings (SSSR count). The van der Waals surface area contributed by atoms with Crippen LogP contribution in [0.5, 0.6) is 0 Å². The second-order valence-corrected chi connectivity index (χ2v) is 5.24. The van der Waals surface area contributed by atoms with Crippen LogP contribution in [0.25, 0.3) is 0 Å². The number of ketones is 1. The molecule has 100 valence electrons. The number of halogens is 1. The zero-order valence-electron chi connectivity index (χ0n) is 10.7. The number of hydrogen-bond acceptors (Lipinski definition) is 3. The summed E-state index contributed by atoms with van der Waals surface area (Å²) in [7, 11) is 0. The van der Waals surface area contributed by atoms with Crippen molar-refractivity contribution in [1.29, 1.82) is 0 Å². The van der Waals surface area contributed by atoms with E-state index in [0.717, 1.165) is 16.6 Å². The Hall–Kier alpha value is -1.46. The average molecular weight is 323 g/mol. The van der Waals surface area contributed by atoms with Gasteiger partial charge in [0.1, 0.15) is 0 Å². The van der Waals surface area contributed by atoms with Gasteiger partial charge in [-0.3, -0.25) is 14.5 Å². The molecule has 5 heteroatoms. The minimum atomic E-state index is -0.487. The normalized spacial score (nSPS) is 13.9. The Morgan fingerprint density at radius 3 is 2.84 bits per heavy atom. The molecule has 1 N–H and O–H groups in total. The molecule has 0 radical (unpaired) electrons. The minimum absolute atomic E-state index is 0.354. The van der Waals surface area contributed by atoms with Gasteiger partial charge in [0.15, 0.2) is 0 Å². The summed E-state index contributed by atoms with van der Waals surface area (Å²) in [5.74, 6) is -0.938. The highest BCUT2D eigenvalue weighted by molar-refractivity contribution is 9.10. The fraction of sp³-hybridized carbons (Fsp3) is 0.286. The van der Waals surface area contributed by atoms with Crippen LogP contribution in [0, 0.1) is 0 Å². The molecule has 1 aromatic rings. The lowest BCUT2D eigenvalue weighted by Crippen LogP contribution is -2.33. The summed E-state index contributed by atoms with van der Waals surface area (Å²) in [4.78, 5) is 25.4. The van der Waals surface area contributed by atoms with Crippen molar-refractivity contribution >= 4 is 33.3 Å². The van der Waals surface area contributed by atoms with E-state index in [9.17, 15) is 9.59 Å². The largest absolute Gasteiger partial charge is 0.313 e. The Morgan fingerprint density at radius 2 is 2.16 bits per heavy atom. The maximum Gasteiger partial charge on any atom is 0.299 e. The van der Waals surface area contributed by atoms with Gasteiger partial charge in [-0.25, -0.2) is 0 Å². The van der Waals surface area contributed by atoms with Crippen LogP contribution in [0.1, 0.15) is 17.3 Å². The molecule has 1 aromatic carbocycles. The van der Waals surface area contributed by atoms with Crippen molar-refractivity contribution in [2.45, 2.75) is 6.92 Å².